The van der Waals surface area contributed by atoms with Crippen LogP contribution >= 0.6 is 0 Å². The van der Waals surface area contributed by atoms with Crippen LogP contribution in [-0.2, 0) is 16.1 Å². The summed E-state index contributed by atoms with van der Waals surface area (Å²) < 4.78 is 23.1. The van der Waals surface area contributed by atoms with Crippen LogP contribution in [0.5, 0.6) is 0 Å². The molecule has 1 aromatic heterocycles. The summed E-state index contributed by atoms with van der Waals surface area (Å²) in [5.74, 6) is 0.685. The van der Waals surface area contributed by atoms with Gasteiger partial charge in [-0.2, -0.15) is 0 Å². The molecule has 2 atom stereocenters. The Morgan fingerprint density at radius 2 is 1.91 bits per heavy atom. The normalized spacial score (nSPS) is 30.9. The second kappa shape index (κ2) is 6.26. The fourth-order valence-electron chi connectivity index (χ4n) is 4.01. The molecule has 3 aliphatic rings. The number of aromatic nitrogens is 2. The summed E-state index contributed by atoms with van der Waals surface area (Å²) in [7, 11) is 0. The topological polar surface area (TPSA) is 104 Å². The van der Waals surface area contributed by atoms with Gasteiger partial charge in [0, 0.05) is 17.4 Å². The standard InChI is InChI=1S/C15H22N4O3S/c1-9-7-10(2)17-14(16-9)18-13(20)15-5-3-11(4-6-15)8-12(15)19-23(21)22/h7,11-12,19H,3-6,8H2,1-2H3,(H,21,22)(H,16,17,18,20). The Labute approximate surface area is 138 Å². The van der Waals surface area contributed by atoms with Crippen LogP contribution < -0.4 is 10.0 Å². The molecule has 3 saturated carbocycles. The van der Waals surface area contributed by atoms with Gasteiger partial charge in [-0.05, 0) is 57.9 Å². The summed E-state index contributed by atoms with van der Waals surface area (Å²) in [5, 5.41) is 2.83. The first-order chi connectivity index (χ1) is 10.9. The van der Waals surface area contributed by atoms with Crippen LogP contribution in [0.2, 0.25) is 0 Å². The van der Waals surface area contributed by atoms with Crippen molar-refractivity contribution in [3.63, 3.8) is 0 Å². The average Bonchev–Trinajstić information content (AvgIpc) is 2.46. The second-order valence-corrected chi connectivity index (χ2v) is 7.42. The lowest BCUT2D eigenvalue weighted by Crippen LogP contribution is -2.58. The van der Waals surface area contributed by atoms with E-state index in [1.807, 2.05) is 19.9 Å². The minimum atomic E-state index is -2.12. The monoisotopic (exact) mass is 338 g/mol. The van der Waals surface area contributed by atoms with Gasteiger partial charge in [-0.25, -0.2) is 18.9 Å². The Morgan fingerprint density at radius 3 is 2.48 bits per heavy atom. The third-order valence-electron chi connectivity index (χ3n) is 5.14. The zero-order valence-electron chi connectivity index (χ0n) is 13.3. The number of nitrogens with zero attached hydrogens (tertiary/aromatic N) is 2. The molecule has 3 N–H and O–H groups in total. The number of hydrogen-bond donors (Lipinski definition) is 3. The highest BCUT2D eigenvalue weighted by atomic mass is 32.2. The number of hydrogen-bond acceptors (Lipinski definition) is 4. The van der Waals surface area contributed by atoms with Crippen molar-refractivity contribution in [1.82, 2.24) is 14.7 Å². The predicted octanol–water partition coefficient (Wildman–Crippen LogP) is 1.71. The highest BCUT2D eigenvalue weighted by molar-refractivity contribution is 7.77. The van der Waals surface area contributed by atoms with Crippen molar-refractivity contribution in [2.24, 2.45) is 11.3 Å². The Balaban J connectivity index is 1.84. The van der Waals surface area contributed by atoms with E-state index in [0.717, 1.165) is 43.5 Å². The maximum Gasteiger partial charge on any atom is 0.234 e. The molecular formula is C15H22N4O3S. The van der Waals surface area contributed by atoms with E-state index in [1.54, 1.807) is 0 Å². The third kappa shape index (κ3) is 3.29. The summed E-state index contributed by atoms with van der Waals surface area (Å²) in [5.41, 5.74) is 0.932. The van der Waals surface area contributed by atoms with E-state index in [-0.39, 0.29) is 11.9 Å². The van der Waals surface area contributed by atoms with Gasteiger partial charge in [0.2, 0.25) is 23.1 Å². The maximum atomic E-state index is 12.9. The van der Waals surface area contributed by atoms with E-state index in [0.29, 0.717) is 11.9 Å². The summed E-state index contributed by atoms with van der Waals surface area (Å²) >= 11 is -2.12. The third-order valence-corrected chi connectivity index (χ3v) is 5.62. The zero-order chi connectivity index (χ0) is 16.6. The van der Waals surface area contributed by atoms with Crippen molar-refractivity contribution in [1.29, 1.82) is 0 Å². The predicted molar refractivity (Wildman–Crippen MR) is 86.8 cm³/mol. The zero-order valence-corrected chi connectivity index (χ0v) is 14.2. The van der Waals surface area contributed by atoms with Gasteiger partial charge < -0.3 is 0 Å². The van der Waals surface area contributed by atoms with Gasteiger partial charge >= 0.3 is 0 Å². The summed E-state index contributed by atoms with van der Waals surface area (Å²) in [6.07, 6.45) is 4.18. The fourth-order valence-corrected chi connectivity index (χ4v) is 4.58. The summed E-state index contributed by atoms with van der Waals surface area (Å²) in [6.45, 7) is 3.71. The SMILES string of the molecule is Cc1cc(C)nc(NC(=O)C23CCC(CC2)CC3NS(=O)O)n1. The molecule has 0 aromatic carbocycles. The Hall–Kier alpha value is -1.38. The summed E-state index contributed by atoms with van der Waals surface area (Å²) in [6, 6.07) is 1.56. The number of aryl methyl sites for hydroxylation is 2. The van der Waals surface area contributed by atoms with Gasteiger partial charge in [0.05, 0.1) is 5.41 Å². The Bertz CT molecular complexity index is 623. The van der Waals surface area contributed by atoms with Crippen LogP contribution in [0.4, 0.5) is 5.95 Å². The number of carbonyl (C=O) groups is 1. The number of fused-ring (bicyclic) bond motifs is 3. The number of carbonyl (C=O) groups excluding carboxylic acids is 1. The molecule has 2 unspecified atom stereocenters. The minimum Gasteiger partial charge on any atom is -0.294 e. The highest BCUT2D eigenvalue weighted by Crippen LogP contribution is 2.50. The van der Waals surface area contributed by atoms with E-state index in [1.165, 1.54) is 0 Å². The lowest BCUT2D eigenvalue weighted by molar-refractivity contribution is -0.133. The Kier molecular flexibility index (Phi) is 4.48. The van der Waals surface area contributed by atoms with E-state index in [9.17, 15) is 13.6 Å². The lowest BCUT2D eigenvalue weighted by Gasteiger charge is -2.50. The van der Waals surface area contributed by atoms with E-state index >= 15 is 0 Å². The second-order valence-electron chi connectivity index (χ2n) is 6.68. The van der Waals surface area contributed by atoms with Crippen LogP contribution in [-0.4, -0.2) is 30.7 Å². The van der Waals surface area contributed by atoms with E-state index in [4.69, 9.17) is 0 Å². The number of rotatable bonds is 4. The minimum absolute atomic E-state index is 0.149. The fraction of sp³-hybridized carbons (Fsp3) is 0.667. The van der Waals surface area contributed by atoms with E-state index < -0.39 is 16.7 Å². The molecule has 23 heavy (non-hydrogen) atoms. The maximum absolute atomic E-state index is 12.9. The van der Waals surface area contributed by atoms with Crippen molar-refractivity contribution < 1.29 is 13.6 Å². The molecule has 0 aliphatic heterocycles. The highest BCUT2D eigenvalue weighted by Gasteiger charge is 2.53. The molecule has 0 saturated heterocycles. The van der Waals surface area contributed by atoms with Crippen molar-refractivity contribution in [3.8, 4) is 0 Å². The van der Waals surface area contributed by atoms with Crippen molar-refractivity contribution in [2.45, 2.75) is 52.0 Å². The van der Waals surface area contributed by atoms with Gasteiger partial charge in [0.1, 0.15) is 0 Å². The van der Waals surface area contributed by atoms with Gasteiger partial charge in [-0.15, -0.1) is 0 Å². The van der Waals surface area contributed by atoms with Gasteiger partial charge in [-0.1, -0.05) is 0 Å². The van der Waals surface area contributed by atoms with Crippen LogP contribution in [0.25, 0.3) is 0 Å². The average molecular weight is 338 g/mol. The van der Waals surface area contributed by atoms with Crippen LogP contribution in [0.3, 0.4) is 0 Å². The van der Waals surface area contributed by atoms with E-state index in [2.05, 4.69) is 20.0 Å². The molecule has 126 valence electrons. The number of anilines is 1. The van der Waals surface area contributed by atoms with Crippen LogP contribution in [0.15, 0.2) is 6.07 Å². The molecule has 1 aromatic rings. The molecule has 0 radical (unpaired) electrons. The van der Waals surface area contributed by atoms with Crippen molar-refractivity contribution >= 4 is 23.1 Å². The molecule has 3 fully saturated rings. The Morgan fingerprint density at radius 1 is 1.30 bits per heavy atom. The smallest absolute Gasteiger partial charge is 0.234 e. The first kappa shape index (κ1) is 16.5. The van der Waals surface area contributed by atoms with Gasteiger partial charge in [0.25, 0.3) is 0 Å². The first-order valence-electron chi connectivity index (χ1n) is 7.90. The lowest BCUT2D eigenvalue weighted by atomic mass is 9.57. The largest absolute Gasteiger partial charge is 0.294 e. The molecule has 7 nitrogen and oxygen atoms in total. The molecule has 1 heterocycles. The summed E-state index contributed by atoms with van der Waals surface area (Å²) in [4.78, 5) is 21.5. The van der Waals surface area contributed by atoms with Gasteiger partial charge in [0.15, 0.2) is 0 Å². The van der Waals surface area contributed by atoms with Crippen molar-refractivity contribution in [3.05, 3.63) is 17.5 Å². The van der Waals surface area contributed by atoms with Crippen LogP contribution in [0.1, 0.15) is 43.5 Å². The number of nitrogens with one attached hydrogen (secondary N) is 2. The molecule has 2 bridgehead atoms. The van der Waals surface area contributed by atoms with Gasteiger partial charge in [-0.3, -0.25) is 14.7 Å². The quantitative estimate of drug-likeness (QED) is 0.725. The van der Waals surface area contributed by atoms with Crippen molar-refractivity contribution in [2.75, 3.05) is 5.32 Å². The molecular weight excluding hydrogens is 316 g/mol. The molecule has 1 amide bonds. The molecule has 0 spiro atoms. The molecule has 3 aliphatic carbocycles. The number of amides is 1. The van der Waals surface area contributed by atoms with Crippen LogP contribution in [0, 0.1) is 25.2 Å². The first-order valence-corrected chi connectivity index (χ1v) is 9.00. The molecule has 4 rings (SSSR count). The molecule has 8 heteroatoms.